The van der Waals surface area contributed by atoms with Crippen LogP contribution in [0.25, 0.3) is 0 Å². The Balaban J connectivity index is 4.06. The van der Waals surface area contributed by atoms with E-state index >= 15 is 0 Å². The Bertz CT molecular complexity index is 202. The molecule has 1 atom stereocenters. The van der Waals surface area contributed by atoms with Gasteiger partial charge in [0.2, 0.25) is 0 Å². The van der Waals surface area contributed by atoms with Gasteiger partial charge in [0.05, 0.1) is 11.7 Å². The molecule has 1 heteroatoms. The molecular formula is C13H24O. The second-order valence-electron chi connectivity index (χ2n) is 5.79. The maximum absolute atomic E-state index is 5.85. The number of terminal acetylenes is 1. The maximum Gasteiger partial charge on any atom is 0.0602 e. The number of hydrogen-bond donors (Lipinski definition) is 0. The van der Waals surface area contributed by atoms with Crippen LogP contribution < -0.4 is 0 Å². The molecule has 1 nitrogen and oxygen atoms in total. The average molecular weight is 196 g/mol. The lowest BCUT2D eigenvalue weighted by Crippen LogP contribution is -2.29. The normalized spacial score (nSPS) is 14.9. The molecule has 0 bridgehead atoms. The zero-order valence-electron chi connectivity index (χ0n) is 10.5. The molecule has 0 rings (SSSR count). The summed E-state index contributed by atoms with van der Waals surface area (Å²) in [5.41, 5.74) is 0.116. The largest absolute Gasteiger partial charge is 0.373 e. The molecule has 14 heavy (non-hydrogen) atoms. The highest BCUT2D eigenvalue weighted by atomic mass is 16.5. The summed E-state index contributed by atoms with van der Waals surface area (Å²) < 4.78 is 5.85. The lowest BCUT2D eigenvalue weighted by atomic mass is 9.84. The molecule has 0 heterocycles. The lowest BCUT2D eigenvalue weighted by Gasteiger charge is -2.31. The third-order valence-corrected chi connectivity index (χ3v) is 1.98. The topological polar surface area (TPSA) is 9.23 Å². The summed E-state index contributed by atoms with van der Waals surface area (Å²) in [7, 11) is 0. The van der Waals surface area contributed by atoms with E-state index < -0.39 is 0 Å². The molecule has 0 aromatic heterocycles. The van der Waals surface area contributed by atoms with Gasteiger partial charge in [0.25, 0.3) is 0 Å². The van der Waals surface area contributed by atoms with Crippen molar-refractivity contribution in [2.75, 3.05) is 0 Å². The molecule has 0 aliphatic heterocycles. The van der Waals surface area contributed by atoms with Gasteiger partial charge < -0.3 is 4.74 Å². The number of hydrogen-bond acceptors (Lipinski definition) is 1. The van der Waals surface area contributed by atoms with Gasteiger partial charge in [0.1, 0.15) is 0 Å². The minimum absolute atomic E-state index is 0.0638. The fourth-order valence-corrected chi connectivity index (χ4v) is 1.77. The first-order valence-electron chi connectivity index (χ1n) is 5.27. The Kier molecular flexibility index (Phi) is 4.68. The minimum Gasteiger partial charge on any atom is -0.373 e. The van der Waals surface area contributed by atoms with Gasteiger partial charge in [-0.15, -0.1) is 12.3 Å². The second-order valence-corrected chi connectivity index (χ2v) is 5.79. The van der Waals surface area contributed by atoms with Crippen LogP contribution in [-0.4, -0.2) is 11.7 Å². The van der Waals surface area contributed by atoms with E-state index in [1.807, 2.05) is 0 Å². The average Bonchev–Trinajstić information content (AvgIpc) is 1.78. The van der Waals surface area contributed by atoms with Crippen molar-refractivity contribution in [2.45, 2.75) is 66.1 Å². The SMILES string of the molecule is C#CCC(C)(C)CC(C)OC(C)(C)C. The summed E-state index contributed by atoms with van der Waals surface area (Å²) in [6.45, 7) is 12.7. The molecule has 1 unspecified atom stereocenters. The molecule has 0 saturated carbocycles. The van der Waals surface area contributed by atoms with Crippen LogP contribution >= 0.6 is 0 Å². The molecule has 0 fully saturated rings. The summed E-state index contributed by atoms with van der Waals surface area (Å²) in [5.74, 6) is 2.72. The van der Waals surface area contributed by atoms with Crippen LogP contribution in [0.3, 0.4) is 0 Å². The molecule has 0 aliphatic carbocycles. The summed E-state index contributed by atoms with van der Waals surface area (Å²) in [6.07, 6.45) is 7.41. The highest BCUT2D eigenvalue weighted by molar-refractivity contribution is 4.91. The van der Waals surface area contributed by atoms with Gasteiger partial charge >= 0.3 is 0 Å². The first-order valence-corrected chi connectivity index (χ1v) is 5.27. The van der Waals surface area contributed by atoms with Crippen molar-refractivity contribution in [1.29, 1.82) is 0 Å². The predicted molar refractivity (Wildman–Crippen MR) is 62.1 cm³/mol. The summed E-state index contributed by atoms with van der Waals surface area (Å²) in [6, 6.07) is 0. The first-order chi connectivity index (χ1) is 6.16. The lowest BCUT2D eigenvalue weighted by molar-refractivity contribution is -0.0661. The van der Waals surface area contributed by atoms with E-state index in [2.05, 4.69) is 47.5 Å². The fraction of sp³-hybridized carbons (Fsp3) is 0.846. The van der Waals surface area contributed by atoms with Crippen LogP contribution in [0.5, 0.6) is 0 Å². The van der Waals surface area contributed by atoms with E-state index in [-0.39, 0.29) is 17.1 Å². The van der Waals surface area contributed by atoms with E-state index in [0.29, 0.717) is 0 Å². The Labute approximate surface area is 89.2 Å². The fourth-order valence-electron chi connectivity index (χ4n) is 1.77. The van der Waals surface area contributed by atoms with Crippen molar-refractivity contribution in [1.82, 2.24) is 0 Å². The Hall–Kier alpha value is -0.480. The molecule has 82 valence electrons. The molecule has 0 aliphatic rings. The number of ether oxygens (including phenoxy) is 1. The summed E-state index contributed by atoms with van der Waals surface area (Å²) in [5, 5.41) is 0. The quantitative estimate of drug-likeness (QED) is 0.624. The Morgan fingerprint density at radius 1 is 1.21 bits per heavy atom. The molecule has 0 N–H and O–H groups in total. The van der Waals surface area contributed by atoms with E-state index in [0.717, 1.165) is 12.8 Å². The standard InChI is InChI=1S/C13H24O/c1-8-9-13(6,7)10-11(2)14-12(3,4)5/h1,11H,9-10H2,2-7H3. The van der Waals surface area contributed by atoms with Gasteiger partial charge in [0, 0.05) is 6.42 Å². The molecular weight excluding hydrogens is 172 g/mol. The van der Waals surface area contributed by atoms with Crippen molar-refractivity contribution in [3.8, 4) is 12.3 Å². The number of rotatable bonds is 4. The predicted octanol–water partition coefficient (Wildman–Crippen LogP) is 3.63. The van der Waals surface area contributed by atoms with E-state index in [4.69, 9.17) is 11.2 Å². The van der Waals surface area contributed by atoms with Crippen LogP contribution in [0.4, 0.5) is 0 Å². The minimum atomic E-state index is -0.0638. The molecule has 0 amide bonds. The second kappa shape index (κ2) is 4.84. The van der Waals surface area contributed by atoms with Gasteiger partial charge in [0.15, 0.2) is 0 Å². The van der Waals surface area contributed by atoms with Crippen molar-refractivity contribution in [3.63, 3.8) is 0 Å². The van der Waals surface area contributed by atoms with Crippen molar-refractivity contribution in [2.24, 2.45) is 5.41 Å². The zero-order chi connectivity index (χ0) is 11.4. The van der Waals surface area contributed by atoms with E-state index in [9.17, 15) is 0 Å². The molecule has 0 aromatic carbocycles. The van der Waals surface area contributed by atoms with Gasteiger partial charge in [-0.25, -0.2) is 0 Å². The van der Waals surface area contributed by atoms with E-state index in [1.54, 1.807) is 0 Å². The van der Waals surface area contributed by atoms with Crippen molar-refractivity contribution >= 4 is 0 Å². The van der Waals surface area contributed by atoms with Crippen molar-refractivity contribution < 1.29 is 4.74 Å². The maximum atomic E-state index is 5.85. The third kappa shape index (κ3) is 6.97. The smallest absolute Gasteiger partial charge is 0.0602 e. The van der Waals surface area contributed by atoms with E-state index in [1.165, 1.54) is 0 Å². The monoisotopic (exact) mass is 196 g/mol. The van der Waals surface area contributed by atoms with Crippen molar-refractivity contribution in [3.05, 3.63) is 0 Å². The highest BCUT2D eigenvalue weighted by Gasteiger charge is 2.23. The van der Waals surface area contributed by atoms with Gasteiger partial charge in [-0.3, -0.25) is 0 Å². The third-order valence-electron chi connectivity index (χ3n) is 1.98. The van der Waals surface area contributed by atoms with Gasteiger partial charge in [-0.1, -0.05) is 13.8 Å². The van der Waals surface area contributed by atoms with Crippen LogP contribution in [-0.2, 0) is 4.74 Å². The molecule has 0 radical (unpaired) electrons. The molecule has 0 spiro atoms. The molecule has 0 aromatic rings. The van der Waals surface area contributed by atoms with Crippen LogP contribution in [0.15, 0.2) is 0 Å². The highest BCUT2D eigenvalue weighted by Crippen LogP contribution is 2.28. The first kappa shape index (κ1) is 13.5. The Morgan fingerprint density at radius 2 is 1.71 bits per heavy atom. The van der Waals surface area contributed by atoms with Crippen LogP contribution in [0.1, 0.15) is 54.4 Å². The van der Waals surface area contributed by atoms with Crippen LogP contribution in [0.2, 0.25) is 0 Å². The zero-order valence-corrected chi connectivity index (χ0v) is 10.5. The van der Waals surface area contributed by atoms with Gasteiger partial charge in [-0.05, 0) is 39.5 Å². The van der Waals surface area contributed by atoms with Crippen LogP contribution in [0, 0.1) is 17.8 Å². The summed E-state index contributed by atoms with van der Waals surface area (Å²) >= 11 is 0. The Morgan fingerprint density at radius 3 is 2.07 bits per heavy atom. The molecule has 0 saturated heterocycles. The summed E-state index contributed by atoms with van der Waals surface area (Å²) in [4.78, 5) is 0. The van der Waals surface area contributed by atoms with Gasteiger partial charge in [-0.2, -0.15) is 0 Å².